The highest BCUT2D eigenvalue weighted by molar-refractivity contribution is 5.90. The summed E-state index contributed by atoms with van der Waals surface area (Å²) in [5.74, 6) is 1.93. The van der Waals surface area contributed by atoms with E-state index in [1.807, 2.05) is 24.3 Å². The van der Waals surface area contributed by atoms with Gasteiger partial charge < -0.3 is 0 Å². The first-order valence-corrected chi connectivity index (χ1v) is 21.2. The van der Waals surface area contributed by atoms with Crippen LogP contribution >= 0.6 is 0 Å². The van der Waals surface area contributed by atoms with E-state index >= 15 is 0 Å². The fourth-order valence-electron chi connectivity index (χ4n) is 9.88. The van der Waals surface area contributed by atoms with Crippen LogP contribution < -0.4 is 0 Å². The molecule has 8 aromatic carbocycles. The zero-order chi connectivity index (χ0) is 39.9. The third-order valence-corrected chi connectivity index (χ3v) is 12.7. The van der Waals surface area contributed by atoms with Gasteiger partial charge in [0.25, 0.3) is 0 Å². The Bertz CT molecular complexity index is 3020. The van der Waals surface area contributed by atoms with Crippen molar-refractivity contribution in [2.75, 3.05) is 0 Å². The summed E-state index contributed by atoms with van der Waals surface area (Å²) in [7, 11) is 0. The van der Waals surface area contributed by atoms with Crippen LogP contribution in [0.5, 0.6) is 0 Å². The molecular weight excluding hydrogens is 727 g/mol. The van der Waals surface area contributed by atoms with Crippen molar-refractivity contribution in [2.45, 2.75) is 37.5 Å². The van der Waals surface area contributed by atoms with Crippen molar-refractivity contribution in [3.8, 4) is 89.8 Å². The van der Waals surface area contributed by atoms with Gasteiger partial charge in [-0.1, -0.05) is 195 Å². The minimum Gasteiger partial charge on any atom is -0.208 e. The molecule has 0 amide bonds. The number of aromatic nitrogens is 3. The lowest BCUT2D eigenvalue weighted by molar-refractivity contribution is 0.353. The summed E-state index contributed by atoms with van der Waals surface area (Å²) in [4.78, 5) is 15.2. The number of fused-ring (bicyclic) bond motifs is 5. The summed E-state index contributed by atoms with van der Waals surface area (Å²) in [5, 5.41) is 0. The number of hydrogen-bond acceptors (Lipinski definition) is 3. The monoisotopic (exact) mass is 769 g/mol. The van der Waals surface area contributed by atoms with Crippen molar-refractivity contribution in [1.82, 2.24) is 15.0 Å². The van der Waals surface area contributed by atoms with Gasteiger partial charge in [0.15, 0.2) is 17.5 Å². The Balaban J connectivity index is 0.958. The van der Waals surface area contributed by atoms with E-state index < -0.39 is 0 Å². The molecule has 286 valence electrons. The summed E-state index contributed by atoms with van der Waals surface area (Å²) in [6.07, 6.45) is 6.32. The van der Waals surface area contributed by atoms with E-state index in [0.29, 0.717) is 17.5 Å². The van der Waals surface area contributed by atoms with E-state index in [1.165, 1.54) is 76.6 Å². The molecule has 0 aliphatic heterocycles. The first-order chi connectivity index (χ1) is 29.7. The molecule has 0 radical (unpaired) electrons. The molecule has 0 N–H and O–H groups in total. The molecular formula is C57H43N3. The van der Waals surface area contributed by atoms with Gasteiger partial charge in [-0.2, -0.15) is 0 Å². The fourth-order valence-corrected chi connectivity index (χ4v) is 9.88. The molecule has 0 saturated heterocycles. The molecule has 1 heterocycles. The lowest BCUT2D eigenvalue weighted by Gasteiger charge is -2.37. The van der Waals surface area contributed by atoms with Crippen molar-refractivity contribution < 1.29 is 0 Å². The molecule has 0 unspecified atom stereocenters. The standard InChI is InChI=1S/C57H43N3/c1-4-17-39(18-5-1)41-21-14-27-47(37-41)55-58-54(40-19-6-2-7-20-40)59-56(60-55)48-28-15-25-45(38-48)43-23-12-22-42(35-43)44-24-13-26-46(36-44)49-30-16-31-51-50-29-8-9-32-52(50)57(53(49)51)33-10-3-11-34-57/h1-2,4-9,12-32,35-38H,3,10-11,33-34H2. The molecule has 1 fully saturated rings. The minimum atomic E-state index is 0.0923. The van der Waals surface area contributed by atoms with Crippen molar-refractivity contribution >= 4 is 0 Å². The minimum absolute atomic E-state index is 0.0923. The molecule has 1 saturated carbocycles. The maximum atomic E-state index is 5.12. The van der Waals surface area contributed by atoms with Crippen molar-refractivity contribution in [3.63, 3.8) is 0 Å². The summed E-state index contributed by atoms with van der Waals surface area (Å²) in [6, 6.07) is 71.9. The Kier molecular flexibility index (Phi) is 9.08. The van der Waals surface area contributed by atoms with Crippen LogP contribution in [0.2, 0.25) is 0 Å². The van der Waals surface area contributed by atoms with Gasteiger partial charge in [0.05, 0.1) is 0 Å². The second kappa shape index (κ2) is 15.2. The molecule has 3 heteroatoms. The Morgan fingerprint density at radius 1 is 0.283 bits per heavy atom. The van der Waals surface area contributed by atoms with Gasteiger partial charge in [-0.3, -0.25) is 0 Å². The molecule has 1 aromatic heterocycles. The van der Waals surface area contributed by atoms with Crippen LogP contribution in [0.1, 0.15) is 43.2 Å². The molecule has 60 heavy (non-hydrogen) atoms. The summed E-state index contributed by atoms with van der Waals surface area (Å²) >= 11 is 0. The van der Waals surface area contributed by atoms with Crippen LogP contribution in [0.4, 0.5) is 0 Å². The third-order valence-electron chi connectivity index (χ3n) is 12.7. The van der Waals surface area contributed by atoms with Gasteiger partial charge in [-0.05, 0) is 104 Å². The van der Waals surface area contributed by atoms with Gasteiger partial charge in [0, 0.05) is 22.1 Å². The normalized spacial score (nSPS) is 13.8. The van der Waals surface area contributed by atoms with Gasteiger partial charge in [0.2, 0.25) is 0 Å². The molecule has 2 aliphatic carbocycles. The highest BCUT2D eigenvalue weighted by Gasteiger charge is 2.45. The van der Waals surface area contributed by atoms with E-state index in [-0.39, 0.29) is 5.41 Å². The lowest BCUT2D eigenvalue weighted by atomic mass is 9.66. The number of rotatable bonds is 7. The van der Waals surface area contributed by atoms with E-state index in [0.717, 1.165) is 38.9 Å². The van der Waals surface area contributed by atoms with Gasteiger partial charge in [0.1, 0.15) is 0 Å². The topological polar surface area (TPSA) is 38.7 Å². The zero-order valence-corrected chi connectivity index (χ0v) is 33.4. The quantitative estimate of drug-likeness (QED) is 0.162. The number of nitrogens with zero attached hydrogens (tertiary/aromatic N) is 3. The zero-order valence-electron chi connectivity index (χ0n) is 33.4. The fraction of sp³-hybridized carbons (Fsp3) is 0.105. The predicted octanol–water partition coefficient (Wildman–Crippen LogP) is 14.8. The highest BCUT2D eigenvalue weighted by Crippen LogP contribution is 2.58. The first-order valence-electron chi connectivity index (χ1n) is 21.2. The van der Waals surface area contributed by atoms with Crippen molar-refractivity contribution in [2.24, 2.45) is 0 Å². The predicted molar refractivity (Wildman–Crippen MR) is 247 cm³/mol. The molecule has 3 nitrogen and oxygen atoms in total. The molecule has 0 atom stereocenters. The van der Waals surface area contributed by atoms with Crippen LogP contribution in [0.15, 0.2) is 200 Å². The lowest BCUT2D eigenvalue weighted by Crippen LogP contribution is -2.28. The summed E-state index contributed by atoms with van der Waals surface area (Å²) < 4.78 is 0. The Hall–Kier alpha value is -7.23. The first kappa shape index (κ1) is 35.9. The molecule has 11 rings (SSSR count). The SMILES string of the molecule is c1ccc(-c2cccc(-c3nc(-c4ccccc4)nc(-c4cccc(-c5cccc(-c6cccc(-c7cccc8c7C7(CCCCC7)c7ccccc7-8)c6)c5)c4)n3)c2)cc1. The summed E-state index contributed by atoms with van der Waals surface area (Å²) in [6.45, 7) is 0. The second-order valence-electron chi connectivity index (χ2n) is 16.3. The number of hydrogen-bond donors (Lipinski definition) is 0. The van der Waals surface area contributed by atoms with Crippen LogP contribution in [0.25, 0.3) is 89.8 Å². The van der Waals surface area contributed by atoms with Crippen molar-refractivity contribution in [1.29, 1.82) is 0 Å². The van der Waals surface area contributed by atoms with E-state index in [1.54, 1.807) is 0 Å². The van der Waals surface area contributed by atoms with E-state index in [4.69, 9.17) is 15.0 Å². The smallest absolute Gasteiger partial charge is 0.164 e. The second-order valence-corrected chi connectivity index (χ2v) is 16.3. The summed E-state index contributed by atoms with van der Waals surface area (Å²) in [5.41, 5.74) is 18.4. The van der Waals surface area contributed by atoms with Gasteiger partial charge >= 0.3 is 0 Å². The Labute approximate surface area is 352 Å². The third kappa shape index (κ3) is 6.44. The van der Waals surface area contributed by atoms with E-state index in [9.17, 15) is 0 Å². The van der Waals surface area contributed by atoms with Gasteiger partial charge in [-0.15, -0.1) is 0 Å². The highest BCUT2D eigenvalue weighted by atomic mass is 15.0. The average Bonchev–Trinajstić information content (AvgIpc) is 3.60. The van der Waals surface area contributed by atoms with Crippen LogP contribution in [0.3, 0.4) is 0 Å². The maximum Gasteiger partial charge on any atom is 0.164 e. The largest absolute Gasteiger partial charge is 0.208 e. The molecule has 1 spiro atoms. The van der Waals surface area contributed by atoms with Crippen LogP contribution in [0, 0.1) is 0 Å². The molecule has 0 bridgehead atoms. The molecule has 2 aliphatic rings. The molecule has 9 aromatic rings. The van der Waals surface area contributed by atoms with Gasteiger partial charge in [-0.25, -0.2) is 15.0 Å². The van der Waals surface area contributed by atoms with Crippen LogP contribution in [-0.4, -0.2) is 15.0 Å². The van der Waals surface area contributed by atoms with E-state index in [2.05, 4.69) is 176 Å². The Morgan fingerprint density at radius 3 is 1.27 bits per heavy atom. The average molecular weight is 770 g/mol. The number of benzene rings is 8. The maximum absolute atomic E-state index is 5.12. The van der Waals surface area contributed by atoms with Crippen molar-refractivity contribution in [3.05, 3.63) is 211 Å². The Morgan fingerprint density at radius 2 is 0.667 bits per heavy atom. The van der Waals surface area contributed by atoms with Crippen LogP contribution in [-0.2, 0) is 5.41 Å².